The summed E-state index contributed by atoms with van der Waals surface area (Å²) in [6, 6.07) is 13.8. The Bertz CT molecular complexity index is 1240. The van der Waals surface area contributed by atoms with Crippen LogP contribution in [0.3, 0.4) is 0 Å². The Hall–Kier alpha value is -3.01. The zero-order valence-corrected chi connectivity index (χ0v) is 23.8. The molecule has 0 aliphatic heterocycles. The number of benzene rings is 2. The smallest absolute Gasteiger partial charge is 0.337 e. The monoisotopic (exact) mass is 505 g/mol. The molecule has 0 saturated heterocycles. The molecule has 1 aromatic heterocycles. The van der Waals surface area contributed by atoms with E-state index in [0.29, 0.717) is 35.3 Å². The number of carbonyl (C=O) groups excluding carboxylic acids is 1. The first kappa shape index (κ1) is 27.6. The van der Waals surface area contributed by atoms with Gasteiger partial charge in [-0.25, -0.2) is 4.79 Å². The molecule has 2 aromatic carbocycles. The SMILES string of the molecule is C#CCn1c(-c2ccc(OC)cc2CO[Si](C(C)C)(C(C)C)C(C)C)cc2ccc(C(=O)OC)cc21. The molecule has 3 aromatic rings. The first-order valence-electron chi connectivity index (χ1n) is 12.6. The second-order valence-corrected chi connectivity index (χ2v) is 15.7. The van der Waals surface area contributed by atoms with Gasteiger partial charge in [-0.1, -0.05) is 53.5 Å². The van der Waals surface area contributed by atoms with Crippen LogP contribution >= 0.6 is 0 Å². The first-order valence-corrected chi connectivity index (χ1v) is 14.7. The van der Waals surface area contributed by atoms with Gasteiger partial charge in [-0.05, 0) is 58.6 Å². The highest BCUT2D eigenvalue weighted by molar-refractivity contribution is 6.77. The average Bonchev–Trinajstić information content (AvgIpc) is 3.20. The van der Waals surface area contributed by atoms with Gasteiger partial charge in [0, 0.05) is 10.9 Å². The maximum Gasteiger partial charge on any atom is 0.337 e. The fraction of sp³-hybridized carbons (Fsp3) is 0.433. The predicted octanol–water partition coefficient (Wildman–Crippen LogP) is 7.43. The van der Waals surface area contributed by atoms with Gasteiger partial charge in [-0.15, -0.1) is 6.42 Å². The molecule has 3 rings (SSSR count). The lowest BCUT2D eigenvalue weighted by molar-refractivity contribution is 0.0601. The van der Waals surface area contributed by atoms with Crippen LogP contribution in [0.2, 0.25) is 16.6 Å². The summed E-state index contributed by atoms with van der Waals surface area (Å²) in [5.74, 6) is 3.19. The minimum absolute atomic E-state index is 0.372. The molecule has 6 heteroatoms. The topological polar surface area (TPSA) is 49.7 Å². The average molecular weight is 506 g/mol. The summed E-state index contributed by atoms with van der Waals surface area (Å²) in [4.78, 5) is 12.2. The number of esters is 1. The van der Waals surface area contributed by atoms with E-state index in [0.717, 1.165) is 33.5 Å². The number of carbonyl (C=O) groups is 1. The van der Waals surface area contributed by atoms with Crippen LogP contribution in [0.1, 0.15) is 57.5 Å². The van der Waals surface area contributed by atoms with Crippen molar-refractivity contribution in [3.8, 4) is 29.4 Å². The van der Waals surface area contributed by atoms with Crippen LogP contribution in [0.15, 0.2) is 42.5 Å². The number of hydrogen-bond acceptors (Lipinski definition) is 4. The van der Waals surface area contributed by atoms with Crippen LogP contribution in [0.5, 0.6) is 5.75 Å². The van der Waals surface area contributed by atoms with Gasteiger partial charge >= 0.3 is 5.97 Å². The molecular weight excluding hydrogens is 466 g/mol. The number of terminal acetylenes is 1. The Morgan fingerprint density at radius 3 is 2.19 bits per heavy atom. The number of fused-ring (bicyclic) bond motifs is 1. The summed E-state index contributed by atoms with van der Waals surface area (Å²) < 4.78 is 19.6. The van der Waals surface area contributed by atoms with Crippen molar-refractivity contribution in [2.24, 2.45) is 0 Å². The van der Waals surface area contributed by atoms with E-state index in [1.807, 2.05) is 18.2 Å². The summed E-state index contributed by atoms with van der Waals surface area (Å²) in [6.07, 6.45) is 5.78. The Morgan fingerprint density at radius 2 is 1.64 bits per heavy atom. The fourth-order valence-electron chi connectivity index (χ4n) is 5.75. The summed E-state index contributed by atoms with van der Waals surface area (Å²) in [7, 11) is 0.987. The second-order valence-electron chi connectivity index (χ2n) is 10.2. The quantitative estimate of drug-likeness (QED) is 0.163. The Morgan fingerprint density at radius 1 is 0.972 bits per heavy atom. The van der Waals surface area contributed by atoms with Crippen LogP contribution < -0.4 is 4.74 Å². The lowest BCUT2D eigenvalue weighted by atomic mass is 10.0. The summed E-state index contributed by atoms with van der Waals surface area (Å²) in [5, 5.41) is 1.01. The van der Waals surface area contributed by atoms with E-state index in [2.05, 4.69) is 70.2 Å². The minimum atomic E-state index is -2.08. The van der Waals surface area contributed by atoms with Crippen molar-refractivity contribution in [2.45, 2.75) is 71.3 Å². The maximum absolute atomic E-state index is 12.2. The molecule has 0 aliphatic rings. The molecule has 0 atom stereocenters. The van der Waals surface area contributed by atoms with Crippen LogP contribution in [0.25, 0.3) is 22.2 Å². The van der Waals surface area contributed by atoms with E-state index in [1.165, 1.54) is 7.11 Å². The van der Waals surface area contributed by atoms with E-state index in [4.69, 9.17) is 20.3 Å². The molecule has 5 nitrogen and oxygen atoms in total. The molecule has 1 heterocycles. The van der Waals surface area contributed by atoms with Gasteiger partial charge in [0.05, 0.1) is 44.1 Å². The number of aromatic nitrogens is 1. The third kappa shape index (κ3) is 5.09. The van der Waals surface area contributed by atoms with Gasteiger partial charge < -0.3 is 18.5 Å². The van der Waals surface area contributed by atoms with Crippen molar-refractivity contribution >= 4 is 25.2 Å². The largest absolute Gasteiger partial charge is 0.497 e. The highest BCUT2D eigenvalue weighted by Crippen LogP contribution is 2.43. The molecule has 0 fully saturated rings. The Labute approximate surface area is 216 Å². The molecule has 192 valence electrons. The number of ether oxygens (including phenoxy) is 2. The summed E-state index contributed by atoms with van der Waals surface area (Å²) in [6.45, 7) is 14.6. The highest BCUT2D eigenvalue weighted by Gasteiger charge is 2.45. The molecule has 0 bridgehead atoms. The molecule has 0 radical (unpaired) electrons. The molecule has 0 spiro atoms. The van der Waals surface area contributed by atoms with E-state index in [9.17, 15) is 4.79 Å². The molecule has 0 saturated carbocycles. The zero-order chi connectivity index (χ0) is 26.6. The highest BCUT2D eigenvalue weighted by atomic mass is 28.4. The molecular formula is C30H39NO4Si. The molecule has 36 heavy (non-hydrogen) atoms. The maximum atomic E-state index is 12.2. The summed E-state index contributed by atoms with van der Waals surface area (Å²) in [5.41, 5.74) is 5.92. The van der Waals surface area contributed by atoms with Gasteiger partial charge in [-0.3, -0.25) is 0 Å². The van der Waals surface area contributed by atoms with Crippen LogP contribution in [0, 0.1) is 12.3 Å². The number of hydrogen-bond donors (Lipinski definition) is 0. The van der Waals surface area contributed by atoms with Crippen LogP contribution in [-0.4, -0.2) is 33.1 Å². The van der Waals surface area contributed by atoms with Gasteiger partial charge in [0.15, 0.2) is 0 Å². The van der Waals surface area contributed by atoms with Crippen molar-refractivity contribution in [1.29, 1.82) is 0 Å². The van der Waals surface area contributed by atoms with Crippen molar-refractivity contribution in [1.82, 2.24) is 4.57 Å². The van der Waals surface area contributed by atoms with Crippen molar-refractivity contribution in [2.75, 3.05) is 14.2 Å². The Kier molecular flexibility index (Phi) is 8.70. The van der Waals surface area contributed by atoms with E-state index in [-0.39, 0.29) is 5.97 Å². The van der Waals surface area contributed by atoms with Crippen LogP contribution in [0.4, 0.5) is 0 Å². The second kappa shape index (κ2) is 11.4. The minimum Gasteiger partial charge on any atom is -0.497 e. The number of nitrogens with zero attached hydrogens (tertiary/aromatic N) is 1. The van der Waals surface area contributed by atoms with E-state index >= 15 is 0 Å². The van der Waals surface area contributed by atoms with Crippen molar-refractivity contribution in [3.05, 3.63) is 53.6 Å². The van der Waals surface area contributed by atoms with E-state index in [1.54, 1.807) is 13.2 Å². The number of rotatable bonds is 10. The third-order valence-corrected chi connectivity index (χ3v) is 13.4. The van der Waals surface area contributed by atoms with Crippen LogP contribution in [-0.2, 0) is 22.3 Å². The van der Waals surface area contributed by atoms with Gasteiger partial charge in [-0.2, -0.15) is 0 Å². The van der Waals surface area contributed by atoms with Crippen molar-refractivity contribution < 1.29 is 18.7 Å². The molecule has 0 aliphatic carbocycles. The Balaban J connectivity index is 2.17. The molecule has 0 unspecified atom stereocenters. The van der Waals surface area contributed by atoms with Gasteiger partial charge in [0.1, 0.15) is 5.75 Å². The lowest BCUT2D eigenvalue weighted by Gasteiger charge is -2.42. The van der Waals surface area contributed by atoms with Gasteiger partial charge in [0.25, 0.3) is 0 Å². The standard InChI is InChI=1S/C30H39NO4Si/c1-10-15-31-28-18-24(30(32)34-9)12-11-23(28)17-29(31)27-14-13-26(33-8)16-25(27)19-35-36(20(2)3,21(4)5)22(6)7/h1,11-14,16-18,20-22H,15,19H2,2-9H3. The normalized spacial score (nSPS) is 11.9. The predicted molar refractivity (Wildman–Crippen MR) is 150 cm³/mol. The fourth-order valence-corrected chi connectivity index (χ4v) is 11.2. The van der Waals surface area contributed by atoms with Gasteiger partial charge in [0.2, 0.25) is 8.32 Å². The first-order chi connectivity index (χ1) is 17.1. The number of methoxy groups -OCH3 is 2. The molecule has 0 amide bonds. The zero-order valence-electron chi connectivity index (χ0n) is 22.8. The lowest BCUT2D eigenvalue weighted by Crippen LogP contribution is -2.47. The molecule has 0 N–H and O–H groups in total. The third-order valence-electron chi connectivity index (χ3n) is 7.35. The van der Waals surface area contributed by atoms with E-state index < -0.39 is 8.32 Å². The van der Waals surface area contributed by atoms with Crippen molar-refractivity contribution in [3.63, 3.8) is 0 Å². The summed E-state index contributed by atoms with van der Waals surface area (Å²) >= 11 is 0.